The van der Waals surface area contributed by atoms with E-state index in [0.29, 0.717) is 24.9 Å². The molecule has 1 N–H and O–H groups in total. The summed E-state index contributed by atoms with van der Waals surface area (Å²) in [6, 6.07) is 3.43. The van der Waals surface area contributed by atoms with E-state index in [1.165, 1.54) is 10.4 Å². The molecule has 3 rings (SSSR count). The summed E-state index contributed by atoms with van der Waals surface area (Å²) in [6.45, 7) is 2.64. The highest BCUT2D eigenvalue weighted by Gasteiger charge is 2.42. The van der Waals surface area contributed by atoms with Crippen molar-refractivity contribution in [2.24, 2.45) is 11.8 Å². The fourth-order valence-electron chi connectivity index (χ4n) is 2.82. The monoisotopic (exact) mass is 340 g/mol. The third-order valence-electron chi connectivity index (χ3n) is 3.87. The first kappa shape index (κ1) is 16.0. The van der Waals surface area contributed by atoms with Crippen molar-refractivity contribution in [1.29, 1.82) is 0 Å². The second-order valence-electron chi connectivity index (χ2n) is 5.08. The van der Waals surface area contributed by atoms with Gasteiger partial charge in [-0.1, -0.05) is 11.6 Å². The summed E-state index contributed by atoms with van der Waals surface area (Å²) in [5, 5.41) is 3.32. The predicted octanol–water partition coefficient (Wildman–Crippen LogP) is 1.74. The van der Waals surface area contributed by atoms with Crippen molar-refractivity contribution in [3.05, 3.63) is 29.0 Å². The molecule has 0 unspecified atom stereocenters. The standard InChI is InChI=1S/C12H14ClFN2O2S.ClH/c13-11-2-1-10(14)3-12(11)19(17,18)16-6-8-4-15-5-9(8)7-16;/h1-3,8-9,15H,4-7H2;1H/t8-,9+;. The number of nitrogens with one attached hydrogen (secondary N) is 1. The Labute approximate surface area is 128 Å². The molecule has 2 atom stereocenters. The molecule has 0 radical (unpaired) electrons. The second-order valence-corrected chi connectivity index (χ2v) is 7.39. The summed E-state index contributed by atoms with van der Waals surface area (Å²) in [5.74, 6) is 0.105. The average molecular weight is 341 g/mol. The van der Waals surface area contributed by atoms with Gasteiger partial charge in [0.25, 0.3) is 0 Å². The first-order chi connectivity index (χ1) is 8.98. The molecule has 2 aliphatic heterocycles. The van der Waals surface area contributed by atoms with Gasteiger partial charge in [-0.25, -0.2) is 12.8 Å². The summed E-state index contributed by atoms with van der Waals surface area (Å²) in [7, 11) is -3.70. The maximum atomic E-state index is 13.2. The number of hydrogen-bond acceptors (Lipinski definition) is 3. The van der Waals surface area contributed by atoms with Crippen molar-refractivity contribution in [3.8, 4) is 0 Å². The molecule has 2 heterocycles. The lowest BCUT2D eigenvalue weighted by molar-refractivity contribution is 0.447. The SMILES string of the molecule is Cl.O=S(=O)(c1cc(F)ccc1Cl)N1C[C@H]2CNC[C@H]2C1. The van der Waals surface area contributed by atoms with E-state index in [1.807, 2.05) is 0 Å². The first-order valence-corrected chi connectivity index (χ1v) is 7.96. The van der Waals surface area contributed by atoms with E-state index in [0.717, 1.165) is 25.2 Å². The molecular formula is C12H15Cl2FN2O2S. The Balaban J connectivity index is 0.00000147. The molecule has 0 saturated carbocycles. The lowest BCUT2D eigenvalue weighted by Crippen LogP contribution is -2.32. The summed E-state index contributed by atoms with van der Waals surface area (Å²) < 4.78 is 39.7. The van der Waals surface area contributed by atoms with E-state index in [2.05, 4.69) is 5.32 Å². The summed E-state index contributed by atoms with van der Waals surface area (Å²) in [5.41, 5.74) is 0. The fourth-order valence-corrected chi connectivity index (χ4v) is 4.86. The van der Waals surface area contributed by atoms with Gasteiger partial charge in [0.1, 0.15) is 10.7 Å². The molecule has 2 fully saturated rings. The Morgan fingerprint density at radius 2 is 1.85 bits per heavy atom. The number of nitrogens with zero attached hydrogens (tertiary/aromatic N) is 1. The third-order valence-corrected chi connectivity index (χ3v) is 6.18. The molecule has 2 aliphatic rings. The van der Waals surface area contributed by atoms with Gasteiger partial charge in [0.2, 0.25) is 10.0 Å². The van der Waals surface area contributed by atoms with Crippen LogP contribution in [0.1, 0.15) is 0 Å². The molecule has 0 spiro atoms. The van der Waals surface area contributed by atoms with Crippen LogP contribution in [0.25, 0.3) is 0 Å². The number of halogens is 3. The van der Waals surface area contributed by atoms with Gasteiger partial charge in [0.15, 0.2) is 0 Å². The van der Waals surface area contributed by atoms with Crippen LogP contribution in [-0.4, -0.2) is 38.9 Å². The summed E-state index contributed by atoms with van der Waals surface area (Å²) in [4.78, 5) is -0.137. The molecule has 0 bridgehead atoms. The van der Waals surface area contributed by atoms with Gasteiger partial charge in [0, 0.05) is 13.1 Å². The van der Waals surface area contributed by atoms with Gasteiger partial charge in [0.05, 0.1) is 5.02 Å². The minimum Gasteiger partial charge on any atom is -0.316 e. The minimum absolute atomic E-state index is 0. The Morgan fingerprint density at radius 3 is 2.45 bits per heavy atom. The molecule has 1 aromatic carbocycles. The molecule has 2 saturated heterocycles. The second kappa shape index (κ2) is 5.77. The van der Waals surface area contributed by atoms with Crippen LogP contribution in [-0.2, 0) is 10.0 Å². The quantitative estimate of drug-likeness (QED) is 0.892. The van der Waals surface area contributed by atoms with E-state index in [1.54, 1.807) is 0 Å². The molecule has 0 aliphatic carbocycles. The molecule has 0 amide bonds. The van der Waals surface area contributed by atoms with Crippen LogP contribution < -0.4 is 5.32 Å². The van der Waals surface area contributed by atoms with Crippen LogP contribution >= 0.6 is 24.0 Å². The van der Waals surface area contributed by atoms with Gasteiger partial charge in [-0.3, -0.25) is 0 Å². The first-order valence-electron chi connectivity index (χ1n) is 6.14. The van der Waals surface area contributed by atoms with Crippen LogP contribution in [0.4, 0.5) is 4.39 Å². The van der Waals surface area contributed by atoms with E-state index in [-0.39, 0.29) is 22.3 Å². The molecular weight excluding hydrogens is 326 g/mol. The number of fused-ring (bicyclic) bond motifs is 1. The Kier molecular flexibility index (Phi) is 4.61. The van der Waals surface area contributed by atoms with Crippen LogP contribution in [0.2, 0.25) is 5.02 Å². The largest absolute Gasteiger partial charge is 0.316 e. The Hall–Kier alpha value is -0.400. The Bertz CT molecular complexity index is 599. The molecule has 0 aromatic heterocycles. The number of rotatable bonds is 2. The zero-order chi connectivity index (χ0) is 13.6. The van der Waals surface area contributed by atoms with Crippen molar-refractivity contribution in [2.75, 3.05) is 26.2 Å². The molecule has 1 aromatic rings. The number of sulfonamides is 1. The van der Waals surface area contributed by atoms with E-state index in [4.69, 9.17) is 11.6 Å². The van der Waals surface area contributed by atoms with Crippen molar-refractivity contribution in [3.63, 3.8) is 0 Å². The van der Waals surface area contributed by atoms with Gasteiger partial charge in [-0.15, -0.1) is 12.4 Å². The molecule has 8 heteroatoms. The maximum absolute atomic E-state index is 13.2. The van der Waals surface area contributed by atoms with Gasteiger partial charge in [-0.05, 0) is 43.1 Å². The lowest BCUT2D eigenvalue weighted by Gasteiger charge is -2.18. The van der Waals surface area contributed by atoms with E-state index < -0.39 is 15.8 Å². The van der Waals surface area contributed by atoms with Crippen molar-refractivity contribution >= 4 is 34.0 Å². The number of hydrogen-bond donors (Lipinski definition) is 1. The van der Waals surface area contributed by atoms with Gasteiger partial charge < -0.3 is 5.32 Å². The summed E-state index contributed by atoms with van der Waals surface area (Å²) >= 11 is 5.89. The third kappa shape index (κ3) is 2.67. The molecule has 20 heavy (non-hydrogen) atoms. The minimum atomic E-state index is -3.70. The topological polar surface area (TPSA) is 49.4 Å². The van der Waals surface area contributed by atoms with E-state index in [9.17, 15) is 12.8 Å². The molecule has 4 nitrogen and oxygen atoms in total. The lowest BCUT2D eigenvalue weighted by atomic mass is 10.0. The molecule has 112 valence electrons. The zero-order valence-electron chi connectivity index (χ0n) is 10.6. The van der Waals surface area contributed by atoms with Crippen LogP contribution in [0.5, 0.6) is 0 Å². The van der Waals surface area contributed by atoms with Crippen molar-refractivity contribution in [1.82, 2.24) is 9.62 Å². The normalized spacial score (nSPS) is 26.3. The van der Waals surface area contributed by atoms with Gasteiger partial charge >= 0.3 is 0 Å². The average Bonchev–Trinajstić information content (AvgIpc) is 2.92. The predicted molar refractivity (Wildman–Crippen MR) is 77.3 cm³/mol. The van der Waals surface area contributed by atoms with Crippen molar-refractivity contribution < 1.29 is 12.8 Å². The maximum Gasteiger partial charge on any atom is 0.244 e. The van der Waals surface area contributed by atoms with Crippen LogP contribution in [0, 0.1) is 17.7 Å². The smallest absolute Gasteiger partial charge is 0.244 e. The Morgan fingerprint density at radius 1 is 1.25 bits per heavy atom. The van der Waals surface area contributed by atoms with Crippen LogP contribution in [0.3, 0.4) is 0 Å². The fraction of sp³-hybridized carbons (Fsp3) is 0.500. The highest BCUT2D eigenvalue weighted by molar-refractivity contribution is 7.89. The highest BCUT2D eigenvalue weighted by Crippen LogP contribution is 2.33. The van der Waals surface area contributed by atoms with Gasteiger partial charge in [-0.2, -0.15) is 4.31 Å². The van der Waals surface area contributed by atoms with Crippen LogP contribution in [0.15, 0.2) is 23.1 Å². The highest BCUT2D eigenvalue weighted by atomic mass is 35.5. The van der Waals surface area contributed by atoms with Crippen molar-refractivity contribution in [2.45, 2.75) is 4.90 Å². The zero-order valence-corrected chi connectivity index (χ0v) is 12.9. The van der Waals surface area contributed by atoms with E-state index >= 15 is 0 Å². The number of benzene rings is 1. The summed E-state index contributed by atoms with van der Waals surface area (Å²) in [6.07, 6.45) is 0.